The van der Waals surface area contributed by atoms with Gasteiger partial charge in [0.05, 0.1) is 0 Å². The third-order valence-electron chi connectivity index (χ3n) is 2.89. The minimum Gasteiger partial charge on any atom is -0.459 e. The van der Waals surface area contributed by atoms with Crippen LogP contribution < -0.4 is 5.32 Å². The van der Waals surface area contributed by atoms with Crippen molar-refractivity contribution in [2.24, 2.45) is 4.99 Å². The van der Waals surface area contributed by atoms with Crippen molar-refractivity contribution in [2.45, 2.75) is 48.0 Å². The first kappa shape index (κ1) is 19.4. The largest absolute Gasteiger partial charge is 0.459 e. The summed E-state index contributed by atoms with van der Waals surface area (Å²) in [6.45, 7) is 17.6. The van der Waals surface area contributed by atoms with E-state index in [1.807, 2.05) is 53.7 Å². The van der Waals surface area contributed by atoms with E-state index in [9.17, 15) is 0 Å². The number of nitrogens with one attached hydrogen (secondary N) is 1. The Labute approximate surface area is 130 Å². The first-order chi connectivity index (χ1) is 10.3. The molecule has 0 aromatic heterocycles. The van der Waals surface area contributed by atoms with Crippen LogP contribution in [0.4, 0.5) is 0 Å². The van der Waals surface area contributed by atoms with Gasteiger partial charge in [-0.2, -0.15) is 0 Å². The Balaban J connectivity index is 0.000000921. The SMILES string of the molecule is C=CC1=C(/C=C\C)OC2=C(CNCC2)C(C)=N1.CC.CC. The predicted octanol–water partition coefficient (Wildman–Crippen LogP) is 4.75. The summed E-state index contributed by atoms with van der Waals surface area (Å²) in [5, 5.41) is 3.34. The zero-order valence-electron chi connectivity index (χ0n) is 14.4. The molecule has 0 aromatic carbocycles. The van der Waals surface area contributed by atoms with Crippen molar-refractivity contribution in [3.63, 3.8) is 0 Å². The number of hydrogen-bond donors (Lipinski definition) is 1. The van der Waals surface area contributed by atoms with Crippen LogP contribution in [0.25, 0.3) is 0 Å². The molecule has 2 aliphatic rings. The van der Waals surface area contributed by atoms with E-state index in [1.54, 1.807) is 6.08 Å². The van der Waals surface area contributed by atoms with Crippen molar-refractivity contribution in [1.29, 1.82) is 0 Å². The minimum atomic E-state index is 0.786. The normalized spacial score (nSPS) is 17.5. The van der Waals surface area contributed by atoms with Gasteiger partial charge in [-0.1, -0.05) is 40.3 Å². The molecule has 0 atom stereocenters. The van der Waals surface area contributed by atoms with Crippen LogP contribution in [0, 0.1) is 0 Å². The molecular weight excluding hydrogens is 260 g/mol. The van der Waals surface area contributed by atoms with Gasteiger partial charge >= 0.3 is 0 Å². The molecule has 0 bridgehead atoms. The van der Waals surface area contributed by atoms with E-state index in [0.717, 1.165) is 42.4 Å². The summed E-state index contributed by atoms with van der Waals surface area (Å²) in [5.74, 6) is 1.82. The Bertz CT molecular complexity index is 454. The Hall–Kier alpha value is -1.61. The van der Waals surface area contributed by atoms with Gasteiger partial charge in [0.15, 0.2) is 5.76 Å². The molecule has 0 radical (unpaired) electrons. The molecular formula is C18H30N2O. The van der Waals surface area contributed by atoms with Gasteiger partial charge in [0, 0.05) is 30.8 Å². The molecule has 0 spiro atoms. The third-order valence-corrected chi connectivity index (χ3v) is 2.89. The van der Waals surface area contributed by atoms with Crippen molar-refractivity contribution in [2.75, 3.05) is 13.1 Å². The molecule has 0 aromatic rings. The quantitative estimate of drug-likeness (QED) is 0.796. The lowest BCUT2D eigenvalue weighted by atomic mass is 10.1. The lowest BCUT2D eigenvalue weighted by molar-refractivity contribution is 0.291. The molecule has 2 heterocycles. The minimum absolute atomic E-state index is 0.786. The summed E-state index contributed by atoms with van der Waals surface area (Å²) < 4.78 is 5.98. The molecule has 118 valence electrons. The van der Waals surface area contributed by atoms with Crippen LogP contribution >= 0.6 is 0 Å². The molecule has 0 saturated carbocycles. The number of rotatable bonds is 2. The van der Waals surface area contributed by atoms with E-state index >= 15 is 0 Å². The smallest absolute Gasteiger partial charge is 0.152 e. The average Bonchev–Trinajstić information content (AvgIpc) is 2.69. The lowest BCUT2D eigenvalue weighted by Crippen LogP contribution is -2.28. The maximum absolute atomic E-state index is 5.98. The molecule has 0 saturated heterocycles. The van der Waals surface area contributed by atoms with Crippen molar-refractivity contribution < 1.29 is 4.74 Å². The molecule has 2 rings (SSSR count). The van der Waals surface area contributed by atoms with Crippen LogP contribution in [0.15, 0.2) is 52.6 Å². The average molecular weight is 290 g/mol. The second kappa shape index (κ2) is 11.1. The highest BCUT2D eigenvalue weighted by atomic mass is 16.5. The summed E-state index contributed by atoms with van der Waals surface area (Å²) in [6.07, 6.45) is 6.54. The van der Waals surface area contributed by atoms with Gasteiger partial charge in [0.1, 0.15) is 11.5 Å². The maximum Gasteiger partial charge on any atom is 0.152 e. The summed E-state index contributed by atoms with van der Waals surface area (Å²) in [7, 11) is 0. The number of ether oxygens (including phenoxy) is 1. The van der Waals surface area contributed by atoms with Crippen LogP contribution in [-0.4, -0.2) is 18.8 Å². The van der Waals surface area contributed by atoms with Gasteiger partial charge in [-0.25, -0.2) is 4.99 Å². The monoisotopic (exact) mass is 290 g/mol. The maximum atomic E-state index is 5.98. The Kier molecular flexibility index (Phi) is 10.2. The topological polar surface area (TPSA) is 33.6 Å². The molecule has 3 heteroatoms. The number of hydrogen-bond acceptors (Lipinski definition) is 3. The molecule has 0 fully saturated rings. The van der Waals surface area contributed by atoms with Crippen molar-refractivity contribution in [1.82, 2.24) is 5.32 Å². The summed E-state index contributed by atoms with van der Waals surface area (Å²) in [5.41, 5.74) is 2.99. The van der Waals surface area contributed by atoms with Gasteiger partial charge in [-0.15, -0.1) is 0 Å². The second-order valence-electron chi connectivity index (χ2n) is 4.08. The summed E-state index contributed by atoms with van der Waals surface area (Å²) in [4.78, 5) is 4.58. The van der Waals surface area contributed by atoms with Crippen LogP contribution in [0.2, 0.25) is 0 Å². The first-order valence-electron chi connectivity index (χ1n) is 7.92. The van der Waals surface area contributed by atoms with Crippen LogP contribution in [0.3, 0.4) is 0 Å². The van der Waals surface area contributed by atoms with Crippen LogP contribution in [0.1, 0.15) is 48.0 Å². The highest BCUT2D eigenvalue weighted by Crippen LogP contribution is 2.26. The lowest BCUT2D eigenvalue weighted by Gasteiger charge is -2.19. The van der Waals surface area contributed by atoms with Gasteiger partial charge in [-0.05, 0) is 26.0 Å². The van der Waals surface area contributed by atoms with E-state index in [1.165, 1.54) is 5.57 Å². The fraction of sp³-hybridized carbons (Fsp3) is 0.500. The highest BCUT2D eigenvalue weighted by molar-refractivity contribution is 6.00. The summed E-state index contributed by atoms with van der Waals surface area (Å²) >= 11 is 0. The van der Waals surface area contributed by atoms with E-state index < -0.39 is 0 Å². The van der Waals surface area contributed by atoms with E-state index in [-0.39, 0.29) is 0 Å². The Morgan fingerprint density at radius 1 is 1.24 bits per heavy atom. The van der Waals surface area contributed by atoms with Crippen molar-refractivity contribution >= 4 is 5.71 Å². The number of nitrogens with zero attached hydrogens (tertiary/aromatic N) is 1. The Morgan fingerprint density at radius 3 is 2.48 bits per heavy atom. The second-order valence-corrected chi connectivity index (χ2v) is 4.08. The molecule has 1 N–H and O–H groups in total. The van der Waals surface area contributed by atoms with Gasteiger partial charge < -0.3 is 10.1 Å². The van der Waals surface area contributed by atoms with Crippen molar-refractivity contribution in [3.05, 3.63) is 47.6 Å². The number of aliphatic imine (C=N–C) groups is 1. The molecule has 0 unspecified atom stereocenters. The predicted molar refractivity (Wildman–Crippen MR) is 93.4 cm³/mol. The molecule has 0 aliphatic carbocycles. The van der Waals surface area contributed by atoms with E-state index in [2.05, 4.69) is 16.9 Å². The zero-order valence-corrected chi connectivity index (χ0v) is 14.4. The molecule has 21 heavy (non-hydrogen) atoms. The van der Waals surface area contributed by atoms with E-state index in [4.69, 9.17) is 4.74 Å². The summed E-state index contributed by atoms with van der Waals surface area (Å²) in [6, 6.07) is 0. The fourth-order valence-corrected chi connectivity index (χ4v) is 2.01. The zero-order chi connectivity index (χ0) is 16.3. The fourth-order valence-electron chi connectivity index (χ4n) is 2.01. The Morgan fingerprint density at radius 2 is 1.90 bits per heavy atom. The first-order valence-corrected chi connectivity index (χ1v) is 7.92. The van der Waals surface area contributed by atoms with Crippen LogP contribution in [0.5, 0.6) is 0 Å². The van der Waals surface area contributed by atoms with Gasteiger partial charge in [-0.3, -0.25) is 0 Å². The van der Waals surface area contributed by atoms with Crippen LogP contribution in [-0.2, 0) is 4.74 Å². The molecule has 3 nitrogen and oxygen atoms in total. The van der Waals surface area contributed by atoms with Crippen molar-refractivity contribution in [3.8, 4) is 0 Å². The molecule has 2 aliphatic heterocycles. The standard InChI is InChI=1S/C14H18N2O.2C2H6/c1-4-6-14-12(5-2)16-10(3)11-9-15-8-7-13(11)17-14;2*1-2/h4-6,15H,2,7-9H2,1,3H3;2*1-2H3/b6-4-;;. The van der Waals surface area contributed by atoms with E-state index in [0.29, 0.717) is 0 Å². The molecule has 0 amide bonds. The number of allylic oxidation sites excluding steroid dienone is 3. The third kappa shape index (κ3) is 5.35. The van der Waals surface area contributed by atoms with Gasteiger partial charge in [0.2, 0.25) is 0 Å². The van der Waals surface area contributed by atoms with Gasteiger partial charge in [0.25, 0.3) is 0 Å². The highest BCUT2D eigenvalue weighted by Gasteiger charge is 2.20.